The number of benzene rings is 3. The van der Waals surface area contributed by atoms with Crippen molar-refractivity contribution in [2.75, 3.05) is 59.0 Å². The summed E-state index contributed by atoms with van der Waals surface area (Å²) in [4.78, 5) is 79.9. The highest BCUT2D eigenvalue weighted by Gasteiger charge is 2.42. The van der Waals surface area contributed by atoms with E-state index in [2.05, 4.69) is 58.2 Å². The number of ketones is 1. The van der Waals surface area contributed by atoms with Crippen molar-refractivity contribution in [2.24, 2.45) is 5.41 Å². The normalized spacial score (nSPS) is 20.7. The Kier molecular flexibility index (Phi) is 14.2. The van der Waals surface area contributed by atoms with E-state index in [1.54, 1.807) is 36.5 Å². The number of piperidine rings is 3. The molecule has 18 heteroatoms. The molecule has 3 aromatic heterocycles. The van der Waals surface area contributed by atoms with Crippen LogP contribution >= 0.6 is 0 Å². The van der Waals surface area contributed by atoms with E-state index >= 15 is 0 Å². The summed E-state index contributed by atoms with van der Waals surface area (Å²) in [5.41, 5.74) is 4.46. The number of nitriles is 1. The second-order valence-electron chi connectivity index (χ2n) is 19.6. The molecule has 0 saturated carbocycles. The number of ether oxygens (including phenoxy) is 1. The molecule has 3 unspecified atom stereocenters. The summed E-state index contributed by atoms with van der Waals surface area (Å²) in [6.07, 6.45) is 6.85. The number of carbonyl (C=O) groups excluding carboxylic acids is 3. The molecule has 6 aromatic rings. The molecule has 0 aliphatic carbocycles. The van der Waals surface area contributed by atoms with Crippen LogP contribution in [0.15, 0.2) is 94.6 Å². The SMILES string of the molecule is Cc1nn(C2CCC(=O)NC2=O)c(=O)c2ccc(C3CNCCN3CC3CCCCN3CC(=O)C3(COc4ccnc(-c5ccc(Cc6cc(-c7cccc(C#N)c7)n[nH]c6=O)cc5)n4)CCNCC3)cc12. The van der Waals surface area contributed by atoms with Crippen LogP contribution in [0.2, 0.25) is 0 Å². The number of nitrogens with one attached hydrogen (secondary N) is 4. The smallest absolute Gasteiger partial charge is 0.275 e. The first-order valence-corrected chi connectivity index (χ1v) is 25.0. The number of nitrogens with zero attached hydrogens (tertiary/aromatic N) is 8. The fourth-order valence-electron chi connectivity index (χ4n) is 10.8. The molecule has 72 heavy (non-hydrogen) atoms. The number of aryl methyl sites for hydroxylation is 1. The quantitative estimate of drug-likeness (QED) is 0.112. The highest BCUT2D eigenvalue weighted by Crippen LogP contribution is 2.34. The number of amides is 2. The maximum atomic E-state index is 14.8. The molecule has 0 bridgehead atoms. The Hall–Kier alpha value is -7.30. The van der Waals surface area contributed by atoms with Crippen molar-refractivity contribution in [1.29, 1.82) is 5.26 Å². The molecular weight excluding hydrogens is 913 g/mol. The van der Waals surface area contributed by atoms with Crippen molar-refractivity contribution in [3.63, 3.8) is 0 Å². The lowest BCUT2D eigenvalue weighted by molar-refractivity contribution is -0.136. The topological polar surface area (TPSA) is 233 Å². The third kappa shape index (κ3) is 10.4. The average Bonchev–Trinajstić information content (AvgIpc) is 3.41. The first-order valence-electron chi connectivity index (χ1n) is 25.0. The van der Waals surface area contributed by atoms with Gasteiger partial charge in [0, 0.05) is 85.4 Å². The maximum Gasteiger partial charge on any atom is 0.275 e. The summed E-state index contributed by atoms with van der Waals surface area (Å²) in [5.74, 6) is 0.217. The van der Waals surface area contributed by atoms with E-state index in [1.807, 2.05) is 49.4 Å². The third-order valence-corrected chi connectivity index (χ3v) is 15.0. The van der Waals surface area contributed by atoms with E-state index in [0.717, 1.165) is 92.7 Å². The van der Waals surface area contributed by atoms with Crippen LogP contribution in [-0.2, 0) is 20.8 Å². The summed E-state index contributed by atoms with van der Waals surface area (Å²) < 4.78 is 7.68. The monoisotopic (exact) mass is 970 g/mol. The van der Waals surface area contributed by atoms with E-state index in [1.165, 1.54) is 4.68 Å². The molecule has 18 nitrogen and oxygen atoms in total. The number of piperazine rings is 1. The molecule has 2 amide bonds. The average molecular weight is 971 g/mol. The van der Waals surface area contributed by atoms with Crippen LogP contribution in [0.5, 0.6) is 5.88 Å². The fraction of sp³-hybridized carbons (Fsp3) is 0.407. The lowest BCUT2D eigenvalue weighted by Gasteiger charge is -2.44. The summed E-state index contributed by atoms with van der Waals surface area (Å²) in [6, 6.07) is 25.7. The Bertz CT molecular complexity index is 3180. The Morgan fingerprint density at radius 3 is 2.54 bits per heavy atom. The molecule has 0 radical (unpaired) electrons. The van der Waals surface area contributed by atoms with Gasteiger partial charge in [-0.1, -0.05) is 48.9 Å². The van der Waals surface area contributed by atoms with E-state index < -0.39 is 17.4 Å². The number of likely N-dealkylation sites (tertiary alicyclic amines) is 1. The molecule has 370 valence electrons. The largest absolute Gasteiger partial charge is 0.477 e. The van der Waals surface area contributed by atoms with Gasteiger partial charge in [0.05, 0.1) is 40.4 Å². The van der Waals surface area contributed by atoms with Gasteiger partial charge in [-0.15, -0.1) is 0 Å². The molecule has 0 spiro atoms. The van der Waals surface area contributed by atoms with Crippen LogP contribution in [0.3, 0.4) is 0 Å². The summed E-state index contributed by atoms with van der Waals surface area (Å²) in [5, 5.41) is 31.3. The minimum Gasteiger partial charge on any atom is -0.477 e. The maximum absolute atomic E-state index is 14.8. The van der Waals surface area contributed by atoms with Gasteiger partial charge in [-0.25, -0.2) is 14.8 Å². The Labute approximate surface area is 416 Å². The van der Waals surface area contributed by atoms with E-state index in [9.17, 15) is 29.2 Å². The highest BCUT2D eigenvalue weighted by atomic mass is 16.5. The lowest BCUT2D eigenvalue weighted by Crippen LogP contribution is -2.55. The number of carbonyl (C=O) groups is 3. The van der Waals surface area contributed by atoms with E-state index in [0.29, 0.717) is 65.4 Å². The number of aromatic amines is 1. The summed E-state index contributed by atoms with van der Waals surface area (Å²) in [7, 11) is 0. The van der Waals surface area contributed by atoms with Gasteiger partial charge in [-0.05, 0) is 100 Å². The number of H-pyrrole nitrogens is 1. The fourth-order valence-corrected chi connectivity index (χ4v) is 10.8. The van der Waals surface area contributed by atoms with Crippen LogP contribution in [0.4, 0.5) is 0 Å². The van der Waals surface area contributed by atoms with E-state index in [4.69, 9.17) is 9.72 Å². The van der Waals surface area contributed by atoms with Crippen LogP contribution < -0.4 is 31.8 Å². The van der Waals surface area contributed by atoms with Crippen LogP contribution in [-0.4, -0.2) is 122 Å². The first-order chi connectivity index (χ1) is 35.0. The Morgan fingerprint density at radius 2 is 1.72 bits per heavy atom. The van der Waals surface area contributed by atoms with Crippen LogP contribution in [0, 0.1) is 23.7 Å². The van der Waals surface area contributed by atoms with Gasteiger partial charge in [-0.3, -0.25) is 39.1 Å². The number of aromatic nitrogens is 6. The number of hydrogen-bond acceptors (Lipinski definition) is 15. The van der Waals surface area contributed by atoms with Crippen molar-refractivity contribution in [1.82, 2.24) is 55.7 Å². The zero-order valence-corrected chi connectivity index (χ0v) is 40.4. The minimum atomic E-state index is -0.832. The van der Waals surface area contributed by atoms with Gasteiger partial charge in [0.1, 0.15) is 12.6 Å². The molecule has 4 saturated heterocycles. The number of hydrogen-bond donors (Lipinski definition) is 4. The molecule has 4 N–H and O–H groups in total. The zero-order valence-electron chi connectivity index (χ0n) is 40.4. The lowest BCUT2D eigenvalue weighted by atomic mass is 9.75. The van der Waals surface area contributed by atoms with Crippen LogP contribution in [0.25, 0.3) is 33.4 Å². The van der Waals surface area contributed by atoms with Gasteiger partial charge < -0.3 is 15.4 Å². The van der Waals surface area contributed by atoms with Crippen molar-refractivity contribution < 1.29 is 19.1 Å². The standard InChI is InChI=1S/C54H58N12O6/c1-34-43-27-39(12-13-42(43)53(71)66(63-34)45-14-15-48(68)59-52(45)70)46-30-57-22-24-65(46)31-41-7-2-3-23-64(41)32-47(67)54(17-20-56-21-18-54)33-72-49-16-19-58-50(60-49)37-10-8-35(9-11-37)25-40-28-44(61-62-51(40)69)38-6-4-5-36(26-38)29-55/h4-6,8-13,16,19,26-28,41,45-46,56-57H,2-3,7,14-15,17-18,20-25,30-33H2,1H3,(H,62,69)(H,59,68,70). The second-order valence-corrected chi connectivity index (χ2v) is 19.6. The summed E-state index contributed by atoms with van der Waals surface area (Å²) in [6.45, 7) is 7.88. The van der Waals surface area contributed by atoms with Crippen molar-refractivity contribution in [2.45, 2.75) is 76.4 Å². The van der Waals surface area contributed by atoms with E-state index in [-0.39, 0.29) is 54.3 Å². The van der Waals surface area contributed by atoms with Crippen molar-refractivity contribution in [3.8, 4) is 34.6 Å². The third-order valence-electron chi connectivity index (χ3n) is 15.0. The number of rotatable bonds is 14. The molecule has 4 fully saturated rings. The predicted octanol–water partition coefficient (Wildman–Crippen LogP) is 4.17. The molecule has 3 atom stereocenters. The summed E-state index contributed by atoms with van der Waals surface area (Å²) >= 11 is 0. The van der Waals surface area contributed by atoms with Gasteiger partial charge in [-0.2, -0.15) is 20.4 Å². The molecular formula is C54H58N12O6. The Balaban J connectivity index is 0.798. The molecule has 7 heterocycles. The van der Waals surface area contributed by atoms with Gasteiger partial charge >= 0.3 is 0 Å². The molecule has 4 aliphatic rings. The molecule has 10 rings (SSSR count). The van der Waals surface area contributed by atoms with Gasteiger partial charge in [0.25, 0.3) is 17.0 Å². The molecule has 3 aromatic carbocycles. The van der Waals surface area contributed by atoms with Crippen molar-refractivity contribution >= 4 is 28.4 Å². The first kappa shape index (κ1) is 48.3. The second kappa shape index (κ2) is 21.2. The molecule has 4 aliphatic heterocycles. The van der Waals surface area contributed by atoms with Gasteiger partial charge in [0.15, 0.2) is 11.6 Å². The van der Waals surface area contributed by atoms with Crippen LogP contribution in [0.1, 0.15) is 85.0 Å². The predicted molar refractivity (Wildman–Crippen MR) is 269 cm³/mol. The number of Topliss-reactive ketones (excluding diaryl/α,β-unsaturated/α-hetero) is 1. The Morgan fingerprint density at radius 1 is 0.875 bits per heavy atom. The highest BCUT2D eigenvalue weighted by molar-refractivity contribution is 5.99. The van der Waals surface area contributed by atoms with Crippen molar-refractivity contribution in [3.05, 3.63) is 134 Å². The number of fused-ring (bicyclic) bond motifs is 1. The zero-order chi connectivity index (χ0) is 49.8. The number of imide groups is 1. The minimum absolute atomic E-state index is 0.0344. The van der Waals surface area contributed by atoms with Gasteiger partial charge in [0.2, 0.25) is 11.8 Å².